The van der Waals surface area contributed by atoms with Gasteiger partial charge in [-0.2, -0.15) is 9.49 Å². The number of amides is 3. The van der Waals surface area contributed by atoms with Gasteiger partial charge in [-0.05, 0) is 127 Å². The Hall–Kier alpha value is -5.03. The standard InChI is InChI=1S/C44H48FN7O3/c45-42-41-35-3-1-2-33(28-4-5-28)40(36(35)12-13-37(41)47-48-42)29-6-8-31(9-7-29)50-18-16-27(17-19-50)25-49-20-22-51(23-21-49)32-10-11-34-30(24-32)26-52(44(34)55)38-14-15-39(53)46-43(38)54/h6-13,24,27-28,38H,1-5,14-23,25-26H2,(H,47,48)(H,46,53,54)/t38-/m0/s1. The highest BCUT2D eigenvalue weighted by Crippen LogP contribution is 2.48. The second kappa shape index (κ2) is 13.9. The van der Waals surface area contributed by atoms with E-state index in [0.29, 0.717) is 41.3 Å². The van der Waals surface area contributed by atoms with Crippen LogP contribution in [-0.4, -0.2) is 89.6 Å². The van der Waals surface area contributed by atoms with Crippen LogP contribution < -0.4 is 15.1 Å². The largest absolute Gasteiger partial charge is 0.372 e. The number of fused-ring (bicyclic) bond motifs is 4. The number of aromatic nitrogens is 2. The molecule has 10 nitrogen and oxygen atoms in total. The van der Waals surface area contributed by atoms with Gasteiger partial charge in [0.05, 0.1) is 10.9 Å². The van der Waals surface area contributed by atoms with Crippen molar-refractivity contribution >= 4 is 45.6 Å². The van der Waals surface area contributed by atoms with Gasteiger partial charge in [-0.25, -0.2) is 0 Å². The molecule has 0 radical (unpaired) electrons. The fourth-order valence-corrected chi connectivity index (χ4v) is 10.1. The van der Waals surface area contributed by atoms with Gasteiger partial charge >= 0.3 is 0 Å². The van der Waals surface area contributed by atoms with Gasteiger partial charge in [0, 0.05) is 75.7 Å². The number of rotatable bonds is 7. The number of nitrogens with zero attached hydrogens (tertiary/aromatic N) is 5. The average molecular weight is 742 g/mol. The van der Waals surface area contributed by atoms with Crippen LogP contribution in [0.3, 0.4) is 0 Å². The van der Waals surface area contributed by atoms with Gasteiger partial charge in [0.25, 0.3) is 5.91 Å². The van der Waals surface area contributed by atoms with Crippen LogP contribution in [-0.2, 0) is 22.6 Å². The summed E-state index contributed by atoms with van der Waals surface area (Å²) >= 11 is 0. The van der Waals surface area contributed by atoms with Crippen molar-refractivity contribution in [3.05, 3.63) is 93.9 Å². The zero-order valence-electron chi connectivity index (χ0n) is 31.3. The Bertz CT molecular complexity index is 2210. The van der Waals surface area contributed by atoms with Gasteiger partial charge in [-0.3, -0.25) is 29.7 Å². The molecule has 2 aliphatic carbocycles. The molecule has 10 rings (SSSR count). The highest BCUT2D eigenvalue weighted by molar-refractivity contribution is 6.05. The molecule has 11 heteroatoms. The van der Waals surface area contributed by atoms with Crippen LogP contribution in [0.4, 0.5) is 15.8 Å². The SMILES string of the molecule is O=C1CC[C@H](N2Cc3cc(N4CCN(CC5CCN(c6ccc(C7=C(C8CC8)CCCc8c7ccc7n[nH]c(F)c87)cc6)CC5)CC4)ccc3C2=O)C(=O)N1. The Kier molecular flexibility index (Phi) is 8.72. The van der Waals surface area contributed by atoms with Crippen LogP contribution in [0.2, 0.25) is 0 Å². The number of piperidine rings is 2. The number of hydrogen-bond acceptors (Lipinski definition) is 7. The number of hydrogen-bond donors (Lipinski definition) is 2. The van der Waals surface area contributed by atoms with E-state index in [4.69, 9.17) is 0 Å². The first kappa shape index (κ1) is 34.5. The lowest BCUT2D eigenvalue weighted by atomic mass is 9.88. The average Bonchev–Trinajstić information content (AvgIpc) is 3.94. The Morgan fingerprint density at radius 3 is 2.27 bits per heavy atom. The summed E-state index contributed by atoms with van der Waals surface area (Å²) in [6.07, 6.45) is 8.50. The predicted molar refractivity (Wildman–Crippen MR) is 210 cm³/mol. The molecule has 284 valence electrons. The van der Waals surface area contributed by atoms with Gasteiger partial charge in [0.2, 0.25) is 17.8 Å². The molecule has 1 atom stereocenters. The molecule has 0 spiro atoms. The second-order valence-corrected chi connectivity index (χ2v) is 16.6. The molecule has 3 aromatic carbocycles. The summed E-state index contributed by atoms with van der Waals surface area (Å²) in [6, 6.07) is 18.8. The van der Waals surface area contributed by atoms with Crippen molar-refractivity contribution < 1.29 is 18.8 Å². The third-order valence-electron chi connectivity index (χ3n) is 13.2. The third kappa shape index (κ3) is 6.40. The first-order valence-electron chi connectivity index (χ1n) is 20.4. The van der Waals surface area contributed by atoms with Crippen molar-refractivity contribution in [1.82, 2.24) is 25.3 Å². The maximum absolute atomic E-state index is 14.9. The molecule has 1 saturated carbocycles. The van der Waals surface area contributed by atoms with E-state index >= 15 is 0 Å². The Balaban J connectivity index is 0.745. The monoisotopic (exact) mass is 741 g/mol. The van der Waals surface area contributed by atoms with Gasteiger partial charge < -0.3 is 14.7 Å². The number of anilines is 2. The number of aromatic amines is 1. The van der Waals surface area contributed by atoms with Crippen LogP contribution >= 0.6 is 0 Å². The van der Waals surface area contributed by atoms with Crippen LogP contribution in [0, 0.1) is 17.8 Å². The maximum Gasteiger partial charge on any atom is 0.255 e. The number of nitrogens with one attached hydrogen (secondary N) is 2. The van der Waals surface area contributed by atoms with E-state index in [1.807, 2.05) is 18.2 Å². The van der Waals surface area contributed by atoms with Crippen molar-refractivity contribution in [2.75, 3.05) is 55.6 Å². The molecule has 6 aliphatic rings. The number of aryl methyl sites for hydroxylation is 1. The van der Waals surface area contributed by atoms with Crippen molar-refractivity contribution in [2.24, 2.45) is 11.8 Å². The quantitative estimate of drug-likeness (QED) is 0.223. The summed E-state index contributed by atoms with van der Waals surface area (Å²) in [6.45, 7) is 7.57. The molecule has 0 bridgehead atoms. The van der Waals surface area contributed by atoms with Crippen molar-refractivity contribution in [1.29, 1.82) is 0 Å². The Labute approximate surface area is 320 Å². The Morgan fingerprint density at radius 2 is 1.51 bits per heavy atom. The molecular formula is C44H48FN7O3. The van der Waals surface area contributed by atoms with Crippen molar-refractivity contribution in [2.45, 2.75) is 70.4 Å². The van der Waals surface area contributed by atoms with E-state index < -0.39 is 6.04 Å². The summed E-state index contributed by atoms with van der Waals surface area (Å²) in [5, 5.41) is 9.84. The van der Waals surface area contributed by atoms with E-state index in [9.17, 15) is 18.8 Å². The van der Waals surface area contributed by atoms with E-state index in [0.717, 1.165) is 81.9 Å². The van der Waals surface area contributed by atoms with Crippen molar-refractivity contribution in [3.63, 3.8) is 0 Å². The number of piperazine rings is 1. The minimum absolute atomic E-state index is 0.125. The van der Waals surface area contributed by atoms with E-state index in [-0.39, 0.29) is 30.1 Å². The van der Waals surface area contributed by atoms with E-state index in [1.165, 1.54) is 48.1 Å². The molecule has 2 N–H and O–H groups in total. The lowest BCUT2D eigenvalue weighted by Crippen LogP contribution is -2.52. The molecule has 4 aliphatic heterocycles. The topological polar surface area (TPSA) is 105 Å². The zero-order valence-corrected chi connectivity index (χ0v) is 31.3. The molecule has 4 fully saturated rings. The molecule has 5 heterocycles. The smallest absolute Gasteiger partial charge is 0.255 e. The van der Waals surface area contributed by atoms with E-state index in [2.05, 4.69) is 66.6 Å². The lowest BCUT2D eigenvalue weighted by Gasteiger charge is -2.40. The normalized spacial score (nSPS) is 22.7. The van der Waals surface area contributed by atoms with Gasteiger partial charge in [-0.1, -0.05) is 23.8 Å². The first-order chi connectivity index (χ1) is 26.9. The fourth-order valence-electron chi connectivity index (χ4n) is 10.1. The minimum atomic E-state index is -0.589. The number of carbonyl (C=O) groups excluding carboxylic acids is 3. The van der Waals surface area contributed by atoms with Crippen LogP contribution in [0.5, 0.6) is 0 Å². The molecule has 3 saturated heterocycles. The van der Waals surface area contributed by atoms with Gasteiger partial charge in [-0.15, -0.1) is 0 Å². The number of benzene rings is 3. The zero-order chi connectivity index (χ0) is 37.2. The second-order valence-electron chi connectivity index (χ2n) is 16.6. The number of carbonyl (C=O) groups is 3. The summed E-state index contributed by atoms with van der Waals surface area (Å²) in [5.74, 6) is 0.246. The molecular weight excluding hydrogens is 694 g/mol. The molecule has 4 aromatic rings. The highest BCUT2D eigenvalue weighted by Gasteiger charge is 2.39. The number of imide groups is 1. The Morgan fingerprint density at radius 1 is 0.764 bits per heavy atom. The van der Waals surface area contributed by atoms with Crippen molar-refractivity contribution in [3.8, 4) is 0 Å². The molecule has 0 unspecified atom stereocenters. The van der Waals surface area contributed by atoms with E-state index in [1.54, 1.807) is 10.5 Å². The van der Waals surface area contributed by atoms with Crippen LogP contribution in [0.15, 0.2) is 60.2 Å². The molecule has 55 heavy (non-hydrogen) atoms. The number of allylic oxidation sites excluding steroid dienone is 1. The maximum atomic E-state index is 14.9. The lowest BCUT2D eigenvalue weighted by molar-refractivity contribution is -0.136. The predicted octanol–water partition coefficient (Wildman–Crippen LogP) is 6.05. The first-order valence-corrected chi connectivity index (χ1v) is 20.4. The molecule has 3 amide bonds. The molecule has 1 aromatic heterocycles. The van der Waals surface area contributed by atoms with Gasteiger partial charge in [0.1, 0.15) is 6.04 Å². The number of halogens is 1. The van der Waals surface area contributed by atoms with Crippen LogP contribution in [0.1, 0.15) is 84.0 Å². The summed E-state index contributed by atoms with van der Waals surface area (Å²) < 4.78 is 14.9. The van der Waals surface area contributed by atoms with Crippen LogP contribution in [0.25, 0.3) is 16.5 Å². The fraction of sp³-hybridized carbons (Fsp3) is 0.455. The highest BCUT2D eigenvalue weighted by atomic mass is 19.1. The summed E-state index contributed by atoms with van der Waals surface area (Å²) in [5.41, 5.74) is 11.1. The summed E-state index contributed by atoms with van der Waals surface area (Å²) in [4.78, 5) is 46.4. The van der Waals surface area contributed by atoms with Gasteiger partial charge in [0.15, 0.2) is 0 Å². The third-order valence-corrected chi connectivity index (χ3v) is 13.2. The number of H-pyrrole nitrogens is 1. The minimum Gasteiger partial charge on any atom is -0.372 e. The summed E-state index contributed by atoms with van der Waals surface area (Å²) in [7, 11) is 0.